The molecule has 0 unspecified atom stereocenters. The van der Waals surface area contributed by atoms with Crippen LogP contribution in [0.15, 0.2) is 47.5 Å². The van der Waals surface area contributed by atoms with Crippen molar-refractivity contribution in [3.8, 4) is 0 Å². The molecular weight excluding hydrogens is 380 g/mol. The Hall–Kier alpha value is -2.47. The summed E-state index contributed by atoms with van der Waals surface area (Å²) in [7, 11) is 3.56. The van der Waals surface area contributed by atoms with E-state index >= 15 is 0 Å². The average Bonchev–Trinajstić information content (AvgIpc) is 2.72. The number of aliphatic imine (C=N–C) groups is 1. The van der Waals surface area contributed by atoms with Crippen LogP contribution in [0.4, 0.5) is 11.4 Å². The summed E-state index contributed by atoms with van der Waals surface area (Å²) in [6.45, 7) is 2.73. The molecule has 0 radical (unpaired) electrons. The Kier molecular flexibility index (Phi) is 5.54. The average molecular weight is 409 g/mol. The third-order valence-electron chi connectivity index (χ3n) is 5.62. The molecule has 1 fully saturated rings. The highest BCUT2D eigenvalue weighted by Crippen LogP contribution is 2.40. The lowest BCUT2D eigenvalue weighted by Crippen LogP contribution is -2.55. The Labute approximate surface area is 177 Å². The second-order valence-electron chi connectivity index (χ2n) is 8.03. The van der Waals surface area contributed by atoms with E-state index in [1.165, 1.54) is 11.1 Å². The number of nitrogens with zero attached hydrogens (tertiary/aromatic N) is 2. The van der Waals surface area contributed by atoms with E-state index in [1.807, 2.05) is 23.9 Å². The van der Waals surface area contributed by atoms with Crippen molar-refractivity contribution < 1.29 is 4.79 Å². The van der Waals surface area contributed by atoms with E-state index in [0.717, 1.165) is 41.6 Å². The topological polar surface area (TPSA) is 56.7 Å². The molecule has 0 saturated carbocycles. The van der Waals surface area contributed by atoms with E-state index in [1.54, 1.807) is 19.0 Å². The lowest BCUT2D eigenvalue weighted by atomic mass is 9.87. The van der Waals surface area contributed by atoms with Crippen LogP contribution < -0.4 is 10.6 Å². The molecule has 1 amide bonds. The van der Waals surface area contributed by atoms with E-state index in [9.17, 15) is 4.79 Å². The van der Waals surface area contributed by atoms with Crippen LogP contribution in [-0.2, 0) is 6.54 Å². The number of carbonyl (C=O) groups excluding carboxylic acids is 1. The number of hydrogen-bond acceptors (Lipinski definition) is 4. The third-order valence-corrected chi connectivity index (χ3v) is 6.61. The molecule has 0 atom stereocenters. The maximum atomic E-state index is 12.7. The van der Waals surface area contributed by atoms with Gasteiger partial charge in [0.2, 0.25) is 0 Å². The SMILES string of the molecule is Cc1cccc(CN=C2Nc3c(cccc3C(=O)N(C)C)NC23CCSCC3)c1. The Morgan fingerprint density at radius 2 is 1.93 bits per heavy atom. The molecule has 2 aliphatic rings. The molecule has 2 aliphatic heterocycles. The Balaban J connectivity index is 1.73. The van der Waals surface area contributed by atoms with Crippen molar-refractivity contribution >= 4 is 34.9 Å². The first-order chi connectivity index (χ1) is 14.0. The molecule has 2 N–H and O–H groups in total. The molecule has 152 valence electrons. The van der Waals surface area contributed by atoms with Gasteiger partial charge in [0.1, 0.15) is 5.84 Å². The zero-order valence-electron chi connectivity index (χ0n) is 17.3. The summed E-state index contributed by atoms with van der Waals surface area (Å²) in [6, 6.07) is 14.4. The van der Waals surface area contributed by atoms with Crippen molar-refractivity contribution in [2.75, 3.05) is 36.2 Å². The van der Waals surface area contributed by atoms with Gasteiger partial charge in [0.25, 0.3) is 5.91 Å². The van der Waals surface area contributed by atoms with Crippen molar-refractivity contribution in [1.29, 1.82) is 0 Å². The van der Waals surface area contributed by atoms with Gasteiger partial charge in [0.15, 0.2) is 0 Å². The van der Waals surface area contributed by atoms with Gasteiger partial charge in [0, 0.05) is 14.1 Å². The van der Waals surface area contributed by atoms with Crippen molar-refractivity contribution in [3.05, 3.63) is 59.2 Å². The van der Waals surface area contributed by atoms with E-state index in [4.69, 9.17) is 4.99 Å². The zero-order chi connectivity index (χ0) is 20.4. The monoisotopic (exact) mass is 408 g/mol. The molecule has 29 heavy (non-hydrogen) atoms. The van der Waals surface area contributed by atoms with Crippen LogP contribution in [0.25, 0.3) is 0 Å². The normalized spacial score (nSPS) is 18.7. The quantitative estimate of drug-likeness (QED) is 0.790. The van der Waals surface area contributed by atoms with Crippen molar-refractivity contribution in [1.82, 2.24) is 4.90 Å². The van der Waals surface area contributed by atoms with Crippen LogP contribution in [-0.4, -0.2) is 47.8 Å². The summed E-state index contributed by atoms with van der Waals surface area (Å²) >= 11 is 1.99. The van der Waals surface area contributed by atoms with Crippen LogP contribution in [0, 0.1) is 6.92 Å². The van der Waals surface area contributed by atoms with Gasteiger partial charge in [-0.15, -0.1) is 0 Å². The minimum absolute atomic E-state index is 0.00988. The number of rotatable bonds is 3. The summed E-state index contributed by atoms with van der Waals surface area (Å²) in [6.07, 6.45) is 2.03. The van der Waals surface area contributed by atoms with Crippen molar-refractivity contribution in [3.63, 3.8) is 0 Å². The number of para-hydroxylation sites is 1. The number of amidine groups is 1. The van der Waals surface area contributed by atoms with Gasteiger partial charge >= 0.3 is 0 Å². The van der Waals surface area contributed by atoms with Gasteiger partial charge in [-0.25, -0.2) is 0 Å². The highest BCUT2D eigenvalue weighted by molar-refractivity contribution is 7.99. The van der Waals surface area contributed by atoms with E-state index < -0.39 is 0 Å². The Morgan fingerprint density at radius 1 is 1.17 bits per heavy atom. The fraction of sp³-hybridized carbons (Fsp3) is 0.391. The predicted octanol–water partition coefficient (Wildman–Crippen LogP) is 4.40. The number of hydrogen-bond donors (Lipinski definition) is 2. The number of aryl methyl sites for hydroxylation is 1. The molecule has 2 heterocycles. The summed E-state index contributed by atoms with van der Waals surface area (Å²) in [5, 5.41) is 7.34. The number of benzene rings is 2. The number of nitrogens with one attached hydrogen (secondary N) is 2. The molecule has 2 aromatic rings. The predicted molar refractivity (Wildman–Crippen MR) is 123 cm³/mol. The fourth-order valence-corrected chi connectivity index (χ4v) is 5.21. The van der Waals surface area contributed by atoms with Crippen LogP contribution in [0.3, 0.4) is 0 Å². The minimum Gasteiger partial charge on any atom is -0.371 e. The lowest BCUT2D eigenvalue weighted by molar-refractivity contribution is 0.0828. The minimum atomic E-state index is -0.193. The Morgan fingerprint density at radius 3 is 2.66 bits per heavy atom. The molecule has 0 bridgehead atoms. The number of amides is 1. The highest BCUT2D eigenvalue weighted by atomic mass is 32.2. The number of carbonyl (C=O) groups is 1. The number of fused-ring (bicyclic) bond motifs is 1. The molecule has 6 heteroatoms. The second-order valence-corrected chi connectivity index (χ2v) is 9.25. The van der Waals surface area contributed by atoms with Gasteiger partial charge in [-0.3, -0.25) is 9.79 Å². The fourth-order valence-electron chi connectivity index (χ4n) is 4.02. The van der Waals surface area contributed by atoms with Gasteiger partial charge in [0.05, 0.1) is 29.0 Å². The highest BCUT2D eigenvalue weighted by Gasteiger charge is 2.42. The van der Waals surface area contributed by atoms with Crippen LogP contribution >= 0.6 is 11.8 Å². The summed E-state index contributed by atoms with van der Waals surface area (Å²) in [4.78, 5) is 19.4. The molecule has 0 aromatic heterocycles. The summed E-state index contributed by atoms with van der Waals surface area (Å²) in [5.74, 6) is 3.14. The molecule has 2 aromatic carbocycles. The third kappa shape index (κ3) is 3.99. The lowest BCUT2D eigenvalue weighted by Gasteiger charge is -2.44. The van der Waals surface area contributed by atoms with Crippen LogP contribution in [0.5, 0.6) is 0 Å². The second kappa shape index (κ2) is 8.11. The molecule has 5 nitrogen and oxygen atoms in total. The standard InChI is InChI=1S/C23H28N4OS/c1-16-6-4-7-17(14-16)15-24-22-23(10-12-29-13-11-23)26-19-9-5-8-18(20(19)25-22)21(28)27(2)3/h4-9,14,26H,10-13,15H2,1-3H3,(H,24,25). The molecule has 1 spiro atoms. The van der Waals surface area contributed by atoms with Gasteiger partial charge < -0.3 is 15.5 Å². The summed E-state index contributed by atoms with van der Waals surface area (Å²) in [5.41, 5.74) is 4.73. The van der Waals surface area contributed by atoms with Gasteiger partial charge in [-0.05, 0) is 49.0 Å². The van der Waals surface area contributed by atoms with Gasteiger partial charge in [-0.1, -0.05) is 35.9 Å². The Bertz CT molecular complexity index is 948. The van der Waals surface area contributed by atoms with Crippen LogP contribution in [0.1, 0.15) is 34.3 Å². The summed E-state index contributed by atoms with van der Waals surface area (Å²) < 4.78 is 0. The molecule has 0 aliphatic carbocycles. The molecule has 1 saturated heterocycles. The van der Waals surface area contributed by atoms with Gasteiger partial charge in [-0.2, -0.15) is 11.8 Å². The number of anilines is 2. The first-order valence-corrected chi connectivity index (χ1v) is 11.2. The maximum Gasteiger partial charge on any atom is 0.255 e. The van der Waals surface area contributed by atoms with Crippen molar-refractivity contribution in [2.45, 2.75) is 31.8 Å². The first kappa shape index (κ1) is 19.8. The number of thioether (sulfide) groups is 1. The zero-order valence-corrected chi connectivity index (χ0v) is 18.1. The van der Waals surface area contributed by atoms with E-state index in [-0.39, 0.29) is 11.4 Å². The van der Waals surface area contributed by atoms with E-state index in [2.05, 4.69) is 47.9 Å². The van der Waals surface area contributed by atoms with Crippen molar-refractivity contribution in [2.24, 2.45) is 4.99 Å². The molecule has 4 rings (SSSR count). The molecular formula is C23H28N4OS. The maximum absolute atomic E-state index is 12.7. The largest absolute Gasteiger partial charge is 0.371 e. The smallest absolute Gasteiger partial charge is 0.255 e. The van der Waals surface area contributed by atoms with E-state index in [0.29, 0.717) is 12.1 Å². The van der Waals surface area contributed by atoms with Crippen LogP contribution in [0.2, 0.25) is 0 Å². The first-order valence-electron chi connectivity index (χ1n) is 10.1.